The van der Waals surface area contributed by atoms with Gasteiger partial charge in [-0.3, -0.25) is 4.90 Å². The second-order valence-electron chi connectivity index (χ2n) is 5.98. The van der Waals surface area contributed by atoms with Gasteiger partial charge in [0.15, 0.2) is 0 Å². The molecule has 1 aromatic rings. The van der Waals surface area contributed by atoms with Crippen molar-refractivity contribution in [3.05, 3.63) is 16.1 Å². The maximum absolute atomic E-state index is 5.78. The van der Waals surface area contributed by atoms with Gasteiger partial charge < -0.3 is 0 Å². The summed E-state index contributed by atoms with van der Waals surface area (Å²) in [7, 11) is 0. The third-order valence-corrected chi connectivity index (χ3v) is 4.07. The molecule has 2 nitrogen and oxygen atoms in total. The Morgan fingerprint density at radius 2 is 2.06 bits per heavy atom. The summed E-state index contributed by atoms with van der Waals surface area (Å²) in [4.78, 5) is 7.19. The predicted octanol–water partition coefficient (Wildman–Crippen LogP) is 4.28. The quantitative estimate of drug-likeness (QED) is 0.726. The van der Waals surface area contributed by atoms with Gasteiger partial charge in [0.05, 0.1) is 12.2 Å². The Morgan fingerprint density at radius 3 is 2.50 bits per heavy atom. The summed E-state index contributed by atoms with van der Waals surface area (Å²) in [6, 6.07) is 0.537. The lowest BCUT2D eigenvalue weighted by Gasteiger charge is -2.25. The topological polar surface area (TPSA) is 16.1 Å². The van der Waals surface area contributed by atoms with Gasteiger partial charge in [0.1, 0.15) is 5.01 Å². The van der Waals surface area contributed by atoms with E-state index in [1.807, 2.05) is 0 Å². The molecule has 0 spiro atoms. The normalized spacial score (nSPS) is 12.7. The monoisotopic (exact) mass is 288 g/mol. The van der Waals surface area contributed by atoms with Crippen LogP contribution in [-0.4, -0.2) is 28.4 Å². The fourth-order valence-electron chi connectivity index (χ4n) is 1.68. The summed E-state index contributed by atoms with van der Waals surface area (Å²) in [5.41, 5.74) is 1.34. The first kappa shape index (κ1) is 15.9. The van der Waals surface area contributed by atoms with Crippen molar-refractivity contribution in [1.82, 2.24) is 9.88 Å². The maximum atomic E-state index is 5.78. The fraction of sp³-hybridized carbons (Fsp3) is 0.786. The van der Waals surface area contributed by atoms with Crippen LogP contribution in [0.2, 0.25) is 0 Å². The van der Waals surface area contributed by atoms with Gasteiger partial charge in [-0.05, 0) is 26.8 Å². The number of alkyl halides is 1. The number of halogens is 1. The minimum absolute atomic E-state index is 0.146. The average molecular weight is 289 g/mol. The van der Waals surface area contributed by atoms with E-state index in [4.69, 9.17) is 16.6 Å². The first-order chi connectivity index (χ1) is 8.34. The molecule has 0 bridgehead atoms. The van der Waals surface area contributed by atoms with Crippen LogP contribution in [0.5, 0.6) is 0 Å². The molecule has 18 heavy (non-hydrogen) atoms. The fourth-order valence-corrected chi connectivity index (χ4v) is 2.85. The highest BCUT2D eigenvalue weighted by Gasteiger charge is 2.18. The average Bonchev–Trinajstić information content (AvgIpc) is 2.71. The van der Waals surface area contributed by atoms with Gasteiger partial charge in [0.25, 0.3) is 0 Å². The summed E-state index contributed by atoms with van der Waals surface area (Å²) in [5, 5.41) is 3.40. The van der Waals surface area contributed by atoms with Crippen molar-refractivity contribution in [3.8, 4) is 0 Å². The maximum Gasteiger partial charge on any atom is 0.107 e. The lowest BCUT2D eigenvalue weighted by Crippen LogP contribution is -2.31. The van der Waals surface area contributed by atoms with Crippen LogP contribution in [-0.2, 0) is 12.0 Å². The number of aromatic nitrogens is 1. The molecule has 4 heteroatoms. The lowest BCUT2D eigenvalue weighted by atomic mass is 9.93. The van der Waals surface area contributed by atoms with Crippen LogP contribution in [0.3, 0.4) is 0 Å². The molecule has 0 saturated carbocycles. The van der Waals surface area contributed by atoms with E-state index >= 15 is 0 Å². The molecule has 1 rings (SSSR count). The Bertz CT molecular complexity index is 355. The van der Waals surface area contributed by atoms with Crippen molar-refractivity contribution in [2.75, 3.05) is 12.4 Å². The summed E-state index contributed by atoms with van der Waals surface area (Å²) in [5.74, 6) is 0.730. The van der Waals surface area contributed by atoms with Crippen LogP contribution >= 0.6 is 22.9 Å². The van der Waals surface area contributed by atoms with Crippen LogP contribution in [0, 0.1) is 0 Å². The molecule has 0 unspecified atom stereocenters. The molecular formula is C14H25ClN2S. The smallest absolute Gasteiger partial charge is 0.107 e. The van der Waals surface area contributed by atoms with Gasteiger partial charge in [-0.15, -0.1) is 22.9 Å². The van der Waals surface area contributed by atoms with E-state index in [1.165, 1.54) is 10.7 Å². The molecular weight excluding hydrogens is 264 g/mol. The molecule has 0 fully saturated rings. The van der Waals surface area contributed by atoms with Gasteiger partial charge >= 0.3 is 0 Å². The minimum atomic E-state index is 0.146. The molecule has 0 amide bonds. The molecule has 0 saturated heterocycles. The van der Waals surface area contributed by atoms with Crippen LogP contribution < -0.4 is 0 Å². The van der Waals surface area contributed by atoms with E-state index in [-0.39, 0.29) is 5.41 Å². The van der Waals surface area contributed by atoms with Crippen LogP contribution in [0.1, 0.15) is 51.7 Å². The highest BCUT2D eigenvalue weighted by Crippen LogP contribution is 2.24. The van der Waals surface area contributed by atoms with Crippen molar-refractivity contribution in [2.45, 2.75) is 59.0 Å². The number of thiazole rings is 1. The number of rotatable bonds is 6. The van der Waals surface area contributed by atoms with E-state index in [0.29, 0.717) is 6.04 Å². The van der Waals surface area contributed by atoms with E-state index in [9.17, 15) is 0 Å². The van der Waals surface area contributed by atoms with E-state index < -0.39 is 0 Å². The van der Waals surface area contributed by atoms with Crippen LogP contribution in [0.4, 0.5) is 0 Å². The Morgan fingerprint density at radius 1 is 1.39 bits per heavy atom. The van der Waals surface area contributed by atoms with Gasteiger partial charge in [0, 0.05) is 22.7 Å². The molecule has 0 atom stereocenters. The van der Waals surface area contributed by atoms with Gasteiger partial charge in [0.2, 0.25) is 0 Å². The zero-order valence-electron chi connectivity index (χ0n) is 12.2. The summed E-state index contributed by atoms with van der Waals surface area (Å²) in [6.45, 7) is 13.1. The van der Waals surface area contributed by atoms with Crippen LogP contribution in [0.25, 0.3) is 0 Å². The van der Waals surface area contributed by atoms with Gasteiger partial charge in [-0.2, -0.15) is 0 Å². The molecule has 0 aliphatic carbocycles. The van der Waals surface area contributed by atoms with E-state index in [2.05, 4.69) is 44.9 Å². The van der Waals surface area contributed by atoms with Gasteiger partial charge in [-0.1, -0.05) is 20.8 Å². The lowest BCUT2D eigenvalue weighted by molar-refractivity contribution is 0.213. The third-order valence-electron chi connectivity index (χ3n) is 2.97. The third kappa shape index (κ3) is 4.87. The van der Waals surface area contributed by atoms with Crippen molar-refractivity contribution in [3.63, 3.8) is 0 Å². The van der Waals surface area contributed by atoms with Crippen molar-refractivity contribution >= 4 is 22.9 Å². The zero-order chi connectivity index (χ0) is 13.8. The number of hydrogen-bond donors (Lipinski definition) is 0. The second-order valence-corrected chi connectivity index (χ2v) is 7.30. The Labute approximate surface area is 120 Å². The predicted molar refractivity (Wildman–Crippen MR) is 81.7 cm³/mol. The second kappa shape index (κ2) is 6.88. The SMILES string of the molecule is CC(C)N(CCCCl)Cc1nc(C(C)(C)C)cs1. The van der Waals surface area contributed by atoms with Gasteiger partial charge in [-0.25, -0.2) is 4.98 Å². The molecule has 0 aliphatic heterocycles. The number of nitrogens with zero attached hydrogens (tertiary/aromatic N) is 2. The largest absolute Gasteiger partial charge is 0.294 e. The summed E-state index contributed by atoms with van der Waals surface area (Å²) in [6.07, 6.45) is 1.04. The minimum Gasteiger partial charge on any atom is -0.294 e. The summed E-state index contributed by atoms with van der Waals surface area (Å²) >= 11 is 7.55. The summed E-state index contributed by atoms with van der Waals surface area (Å²) < 4.78 is 0. The first-order valence-corrected chi connectivity index (χ1v) is 8.01. The standard InChI is InChI=1S/C14H25ClN2S/c1-11(2)17(8-6-7-15)9-13-16-12(10-18-13)14(3,4)5/h10-11H,6-9H2,1-5H3. The number of hydrogen-bond acceptors (Lipinski definition) is 3. The molecule has 0 aliphatic rings. The van der Waals surface area contributed by atoms with Crippen LogP contribution in [0.15, 0.2) is 5.38 Å². The Balaban J connectivity index is 2.66. The van der Waals surface area contributed by atoms with Crippen molar-refractivity contribution in [1.29, 1.82) is 0 Å². The van der Waals surface area contributed by atoms with Crippen molar-refractivity contribution < 1.29 is 0 Å². The first-order valence-electron chi connectivity index (χ1n) is 6.59. The van der Waals surface area contributed by atoms with E-state index in [1.54, 1.807) is 11.3 Å². The highest BCUT2D eigenvalue weighted by atomic mass is 35.5. The Kier molecular flexibility index (Phi) is 6.09. The molecule has 1 heterocycles. The highest BCUT2D eigenvalue weighted by molar-refractivity contribution is 7.09. The molecule has 104 valence electrons. The molecule has 1 aromatic heterocycles. The zero-order valence-corrected chi connectivity index (χ0v) is 13.7. The van der Waals surface area contributed by atoms with E-state index in [0.717, 1.165) is 25.4 Å². The molecule has 0 aromatic carbocycles. The molecule has 0 N–H and O–H groups in total. The Hall–Kier alpha value is -0.120. The van der Waals surface area contributed by atoms with Crippen molar-refractivity contribution in [2.24, 2.45) is 0 Å². The molecule has 0 radical (unpaired) electrons.